The van der Waals surface area contributed by atoms with Gasteiger partial charge in [-0.15, -0.1) is 6.58 Å². The molecule has 0 N–H and O–H groups in total. The van der Waals surface area contributed by atoms with Crippen LogP contribution in [-0.2, 0) is 6.18 Å². The zero-order valence-corrected chi connectivity index (χ0v) is 14.3. The molecule has 0 amide bonds. The minimum atomic E-state index is -4.63. The van der Waals surface area contributed by atoms with Crippen LogP contribution in [0.25, 0.3) is 0 Å². The molecule has 2 fully saturated rings. The highest BCUT2D eigenvalue weighted by Gasteiger charge is 2.35. The average molecular weight is 352 g/mol. The first kappa shape index (κ1) is 18.5. The summed E-state index contributed by atoms with van der Waals surface area (Å²) in [6.45, 7) is 3.88. The standard InChI is InChI=1S/C21H24F4/c1-2-14-3-5-15(6-4-14)16-7-9-17(10-8-16)18-11-12-19(20(22)13-18)21(23,24)25/h2,11-14,16H,1,3-10H2. The van der Waals surface area contributed by atoms with Crippen LogP contribution in [0, 0.1) is 29.5 Å². The molecular weight excluding hydrogens is 328 g/mol. The summed E-state index contributed by atoms with van der Waals surface area (Å²) in [7, 11) is 0. The third-order valence-corrected chi connectivity index (χ3v) is 5.86. The normalized spacial score (nSPS) is 22.2. The summed E-state index contributed by atoms with van der Waals surface area (Å²) in [6, 6.07) is 3.35. The summed E-state index contributed by atoms with van der Waals surface area (Å²) in [5.74, 6) is 2.83. The van der Waals surface area contributed by atoms with Gasteiger partial charge in [-0.2, -0.15) is 13.2 Å². The van der Waals surface area contributed by atoms with Crippen molar-refractivity contribution in [1.82, 2.24) is 0 Å². The van der Waals surface area contributed by atoms with Gasteiger partial charge in [0.25, 0.3) is 0 Å². The van der Waals surface area contributed by atoms with Crippen LogP contribution in [0.1, 0.15) is 62.5 Å². The molecule has 0 aromatic heterocycles. The number of allylic oxidation sites excluding steroid dienone is 1. The largest absolute Gasteiger partial charge is 0.419 e. The first-order valence-corrected chi connectivity index (χ1v) is 9.07. The Morgan fingerprint density at radius 3 is 2.12 bits per heavy atom. The first-order valence-electron chi connectivity index (χ1n) is 9.07. The SMILES string of the molecule is C=CC1CC[C](C2CC[C](c3ccc(C(F)(F)F)c(F)c3)CC2)CC1. The highest BCUT2D eigenvalue weighted by molar-refractivity contribution is 5.36. The van der Waals surface area contributed by atoms with Crippen LogP contribution >= 0.6 is 0 Å². The van der Waals surface area contributed by atoms with Crippen molar-refractivity contribution in [2.24, 2.45) is 11.8 Å². The number of rotatable bonds is 3. The molecule has 2 radical (unpaired) electrons. The number of hydrogen-bond acceptors (Lipinski definition) is 0. The Morgan fingerprint density at radius 2 is 1.60 bits per heavy atom. The summed E-state index contributed by atoms with van der Waals surface area (Å²) < 4.78 is 51.8. The van der Waals surface area contributed by atoms with Gasteiger partial charge in [0, 0.05) is 5.92 Å². The summed E-state index contributed by atoms with van der Waals surface area (Å²) in [4.78, 5) is 0. The molecule has 0 spiro atoms. The number of benzene rings is 1. The van der Waals surface area contributed by atoms with E-state index in [9.17, 15) is 17.6 Å². The zero-order valence-electron chi connectivity index (χ0n) is 14.3. The lowest BCUT2D eigenvalue weighted by atomic mass is 9.68. The van der Waals surface area contributed by atoms with Crippen molar-refractivity contribution in [1.29, 1.82) is 0 Å². The summed E-state index contributed by atoms with van der Waals surface area (Å²) in [5, 5.41) is 0. The van der Waals surface area contributed by atoms with E-state index in [2.05, 4.69) is 12.7 Å². The summed E-state index contributed by atoms with van der Waals surface area (Å²) >= 11 is 0. The topological polar surface area (TPSA) is 0 Å². The lowest BCUT2D eigenvalue weighted by Crippen LogP contribution is -2.23. The van der Waals surface area contributed by atoms with Crippen molar-refractivity contribution >= 4 is 0 Å². The van der Waals surface area contributed by atoms with E-state index < -0.39 is 17.6 Å². The smallest absolute Gasteiger partial charge is 0.206 e. The molecule has 0 nitrogen and oxygen atoms in total. The van der Waals surface area contributed by atoms with E-state index in [1.165, 1.54) is 31.7 Å². The molecule has 136 valence electrons. The van der Waals surface area contributed by atoms with Gasteiger partial charge in [-0.3, -0.25) is 0 Å². The van der Waals surface area contributed by atoms with Crippen LogP contribution in [0.2, 0.25) is 0 Å². The van der Waals surface area contributed by atoms with Gasteiger partial charge in [0.05, 0.1) is 5.56 Å². The van der Waals surface area contributed by atoms with Gasteiger partial charge in [0.2, 0.25) is 0 Å². The van der Waals surface area contributed by atoms with Crippen LogP contribution in [0.3, 0.4) is 0 Å². The third-order valence-electron chi connectivity index (χ3n) is 5.86. The number of alkyl halides is 3. The maximum atomic E-state index is 13.8. The lowest BCUT2D eigenvalue weighted by Gasteiger charge is -2.37. The Labute approximate surface area is 147 Å². The van der Waals surface area contributed by atoms with E-state index in [0.717, 1.165) is 43.7 Å². The van der Waals surface area contributed by atoms with E-state index in [-0.39, 0.29) is 0 Å². The second kappa shape index (κ2) is 7.51. The summed E-state index contributed by atoms with van der Waals surface area (Å²) in [5.41, 5.74) is -0.551. The summed E-state index contributed by atoms with van der Waals surface area (Å²) in [6.07, 6.45) is 5.92. The molecule has 0 heterocycles. The molecule has 2 saturated carbocycles. The van der Waals surface area contributed by atoms with E-state index in [4.69, 9.17) is 0 Å². The van der Waals surface area contributed by atoms with Gasteiger partial charge in [-0.05, 0) is 86.8 Å². The second-order valence-corrected chi connectivity index (χ2v) is 7.30. The van der Waals surface area contributed by atoms with Gasteiger partial charge in [0.15, 0.2) is 0 Å². The third kappa shape index (κ3) is 4.27. The molecule has 0 aliphatic heterocycles. The van der Waals surface area contributed by atoms with Gasteiger partial charge in [0.1, 0.15) is 5.82 Å². The Morgan fingerprint density at radius 1 is 0.960 bits per heavy atom. The van der Waals surface area contributed by atoms with Crippen molar-refractivity contribution in [2.75, 3.05) is 0 Å². The minimum Gasteiger partial charge on any atom is -0.206 e. The highest BCUT2D eigenvalue weighted by atomic mass is 19.4. The van der Waals surface area contributed by atoms with Gasteiger partial charge < -0.3 is 0 Å². The van der Waals surface area contributed by atoms with Crippen LogP contribution in [0.4, 0.5) is 17.6 Å². The van der Waals surface area contributed by atoms with Crippen molar-refractivity contribution in [3.05, 3.63) is 59.6 Å². The zero-order chi connectivity index (χ0) is 18.0. The Hall–Kier alpha value is -1.32. The van der Waals surface area contributed by atoms with Crippen LogP contribution in [-0.4, -0.2) is 0 Å². The van der Waals surface area contributed by atoms with Crippen molar-refractivity contribution in [3.63, 3.8) is 0 Å². The molecule has 2 aliphatic carbocycles. The predicted octanol–water partition coefficient (Wildman–Crippen LogP) is 6.91. The quantitative estimate of drug-likeness (QED) is 0.410. The minimum absolute atomic E-state index is 0.619. The highest BCUT2D eigenvalue weighted by Crippen LogP contribution is 2.45. The number of halogens is 4. The molecule has 25 heavy (non-hydrogen) atoms. The first-order chi connectivity index (χ1) is 11.9. The average Bonchev–Trinajstić information content (AvgIpc) is 2.61. The molecule has 1 aromatic carbocycles. The molecule has 1 aromatic rings. The molecule has 0 unspecified atom stereocenters. The maximum Gasteiger partial charge on any atom is 0.419 e. The van der Waals surface area contributed by atoms with E-state index in [0.29, 0.717) is 17.4 Å². The van der Waals surface area contributed by atoms with Gasteiger partial charge >= 0.3 is 6.18 Å². The van der Waals surface area contributed by atoms with E-state index in [1.807, 2.05) is 0 Å². The second-order valence-electron chi connectivity index (χ2n) is 7.30. The van der Waals surface area contributed by atoms with Crippen molar-refractivity contribution in [3.8, 4) is 0 Å². The van der Waals surface area contributed by atoms with E-state index >= 15 is 0 Å². The Bertz CT molecular complexity index is 588. The molecule has 0 bridgehead atoms. The van der Waals surface area contributed by atoms with E-state index in [1.54, 1.807) is 5.92 Å². The molecule has 0 atom stereocenters. The molecular formula is C21H24F4. The van der Waals surface area contributed by atoms with Gasteiger partial charge in [-0.1, -0.05) is 12.1 Å². The van der Waals surface area contributed by atoms with Crippen molar-refractivity contribution in [2.45, 2.75) is 57.5 Å². The monoisotopic (exact) mass is 352 g/mol. The lowest BCUT2D eigenvalue weighted by molar-refractivity contribution is -0.140. The van der Waals surface area contributed by atoms with Crippen LogP contribution < -0.4 is 0 Å². The molecule has 4 heteroatoms. The molecule has 2 aliphatic rings. The fourth-order valence-corrected chi connectivity index (χ4v) is 4.28. The Balaban J connectivity index is 1.57. The fraction of sp³-hybridized carbons (Fsp3) is 0.524. The maximum absolute atomic E-state index is 13.8. The molecule has 0 saturated heterocycles. The van der Waals surface area contributed by atoms with Gasteiger partial charge in [-0.25, -0.2) is 4.39 Å². The van der Waals surface area contributed by atoms with Crippen LogP contribution in [0.5, 0.6) is 0 Å². The Kier molecular flexibility index (Phi) is 5.55. The van der Waals surface area contributed by atoms with Crippen LogP contribution in [0.15, 0.2) is 30.9 Å². The van der Waals surface area contributed by atoms with Crippen molar-refractivity contribution < 1.29 is 17.6 Å². The number of hydrogen-bond donors (Lipinski definition) is 0. The predicted molar refractivity (Wildman–Crippen MR) is 91.1 cm³/mol. The fourth-order valence-electron chi connectivity index (χ4n) is 4.28. The molecule has 3 rings (SSSR count).